The summed E-state index contributed by atoms with van der Waals surface area (Å²) in [6.45, 7) is 4.33. The van der Waals surface area contributed by atoms with E-state index in [1.165, 1.54) is 40.9 Å². The molecule has 22 heavy (non-hydrogen) atoms. The first-order valence-electron chi connectivity index (χ1n) is 7.51. The molecule has 0 saturated carbocycles. The zero-order valence-corrected chi connectivity index (χ0v) is 17.8. The van der Waals surface area contributed by atoms with E-state index in [1.54, 1.807) is 0 Å². The molecule has 0 spiro atoms. The van der Waals surface area contributed by atoms with Crippen LogP contribution in [0, 0.1) is 13.8 Å². The van der Waals surface area contributed by atoms with Crippen molar-refractivity contribution >= 4 is 53.2 Å². The Balaban J connectivity index is 1.62. The van der Waals surface area contributed by atoms with Crippen molar-refractivity contribution in [1.29, 1.82) is 0 Å². The summed E-state index contributed by atoms with van der Waals surface area (Å²) in [5, 5.41) is 0. The van der Waals surface area contributed by atoms with Crippen molar-refractivity contribution in [3.05, 3.63) is 59.7 Å². The molecule has 116 valence electrons. The van der Waals surface area contributed by atoms with E-state index >= 15 is 0 Å². The number of aryl methyl sites for hydroxylation is 2. The molecule has 3 rings (SSSR count). The van der Waals surface area contributed by atoms with E-state index in [2.05, 4.69) is 72.2 Å². The fraction of sp³-hybridized carbons (Fsp3) is 0.333. The van der Waals surface area contributed by atoms with E-state index in [0.29, 0.717) is 0 Å². The zero-order valence-electron chi connectivity index (χ0n) is 13.2. The summed E-state index contributed by atoms with van der Waals surface area (Å²) in [5.74, 6) is 0. The Hall–Kier alpha value is -0.381. The van der Waals surface area contributed by atoms with Crippen molar-refractivity contribution in [3.8, 4) is 0 Å². The number of rotatable bonds is 2. The number of anilines is 2. The van der Waals surface area contributed by atoms with Gasteiger partial charge >= 0.3 is 155 Å². The minimum absolute atomic E-state index is 0.00606. The summed E-state index contributed by atoms with van der Waals surface area (Å²) < 4.78 is 5.23. The fourth-order valence-corrected chi connectivity index (χ4v) is 10.4. The molecule has 0 radical (unpaired) electrons. The molecule has 0 aliphatic carbocycles. The van der Waals surface area contributed by atoms with E-state index in [4.69, 9.17) is 0 Å². The SMILES string of the molecule is Cc1ccc(N2C[Te]CN(c3ccc(C)cc3)C[Te]C2)cc1. The number of hydrogen-bond donors (Lipinski definition) is 0. The van der Waals surface area contributed by atoms with Crippen LogP contribution in [0.25, 0.3) is 0 Å². The molecule has 2 aromatic carbocycles. The van der Waals surface area contributed by atoms with E-state index in [1.807, 2.05) is 0 Å². The van der Waals surface area contributed by atoms with Crippen molar-refractivity contribution < 1.29 is 0 Å². The van der Waals surface area contributed by atoms with Crippen LogP contribution in [0.3, 0.4) is 0 Å². The Morgan fingerprint density at radius 1 is 0.591 bits per heavy atom. The van der Waals surface area contributed by atoms with E-state index in [9.17, 15) is 0 Å². The van der Waals surface area contributed by atoms with Crippen LogP contribution in [-0.2, 0) is 0 Å². The average molecular weight is 522 g/mol. The van der Waals surface area contributed by atoms with Crippen LogP contribution < -0.4 is 9.80 Å². The molecular formula is C18H22N2Te2. The molecule has 0 unspecified atom stereocenters. The molecular weight excluding hydrogens is 499 g/mol. The third kappa shape index (κ3) is 4.33. The molecule has 0 bridgehead atoms. The number of hydrogen-bond acceptors (Lipinski definition) is 2. The van der Waals surface area contributed by atoms with Crippen LogP contribution in [0.15, 0.2) is 48.5 Å². The molecule has 2 aromatic rings. The van der Waals surface area contributed by atoms with Crippen molar-refractivity contribution in [2.75, 3.05) is 28.2 Å². The van der Waals surface area contributed by atoms with E-state index in [0.717, 1.165) is 0 Å². The van der Waals surface area contributed by atoms with Crippen LogP contribution in [0.1, 0.15) is 11.1 Å². The maximum atomic E-state index is 2.65. The third-order valence-electron chi connectivity index (χ3n) is 3.79. The summed E-state index contributed by atoms with van der Waals surface area (Å²) in [4.78, 5) is 5.30. The zero-order chi connectivity index (χ0) is 15.4. The van der Waals surface area contributed by atoms with Gasteiger partial charge in [0.25, 0.3) is 0 Å². The van der Waals surface area contributed by atoms with Gasteiger partial charge in [-0.1, -0.05) is 0 Å². The van der Waals surface area contributed by atoms with Gasteiger partial charge in [0, 0.05) is 0 Å². The Morgan fingerprint density at radius 3 is 1.23 bits per heavy atom. The number of benzene rings is 2. The molecule has 1 aliphatic rings. The van der Waals surface area contributed by atoms with E-state index in [-0.39, 0.29) is 41.8 Å². The average Bonchev–Trinajstić information content (AvgIpc) is 2.50. The third-order valence-corrected chi connectivity index (χ3v) is 9.43. The first-order chi connectivity index (χ1) is 10.7. The standard InChI is InChI=1S/C18H22N2Te2/c1-15-3-7-17(8-4-15)19-11-21-13-20(14-22-12-19)18-9-5-16(2)6-10-18/h3-10H,11-14H2,1-2H3. The second kappa shape index (κ2) is 7.94. The molecule has 0 atom stereocenters. The van der Waals surface area contributed by atoms with Crippen molar-refractivity contribution in [3.63, 3.8) is 0 Å². The van der Waals surface area contributed by atoms with Gasteiger partial charge < -0.3 is 0 Å². The molecule has 1 saturated heterocycles. The van der Waals surface area contributed by atoms with Crippen LogP contribution in [0.5, 0.6) is 0 Å². The van der Waals surface area contributed by atoms with Gasteiger partial charge in [0.05, 0.1) is 0 Å². The molecule has 2 nitrogen and oxygen atoms in total. The summed E-state index contributed by atoms with van der Waals surface area (Å²) in [6, 6.07) is 18.2. The van der Waals surface area contributed by atoms with Gasteiger partial charge in [-0.15, -0.1) is 0 Å². The predicted molar refractivity (Wildman–Crippen MR) is 98.3 cm³/mol. The van der Waals surface area contributed by atoms with Gasteiger partial charge in [-0.3, -0.25) is 0 Å². The quantitative estimate of drug-likeness (QED) is 0.561. The number of nitrogens with zero attached hydrogens (tertiary/aromatic N) is 2. The van der Waals surface area contributed by atoms with Crippen molar-refractivity contribution in [1.82, 2.24) is 0 Å². The molecule has 0 aromatic heterocycles. The van der Waals surface area contributed by atoms with E-state index < -0.39 is 0 Å². The topological polar surface area (TPSA) is 6.48 Å². The molecule has 0 amide bonds. The summed E-state index contributed by atoms with van der Waals surface area (Å²) in [6.07, 6.45) is 0. The van der Waals surface area contributed by atoms with Crippen LogP contribution >= 0.6 is 0 Å². The molecule has 1 aliphatic heterocycles. The van der Waals surface area contributed by atoms with Crippen LogP contribution in [0.2, 0.25) is 0 Å². The first kappa shape index (κ1) is 16.5. The Labute approximate surface area is 154 Å². The van der Waals surface area contributed by atoms with Crippen molar-refractivity contribution in [2.24, 2.45) is 0 Å². The summed E-state index contributed by atoms with van der Waals surface area (Å²) in [5.41, 5.74) is 5.58. The summed E-state index contributed by atoms with van der Waals surface area (Å²) in [7, 11) is 0. The molecule has 4 heteroatoms. The Bertz CT molecular complexity index is 532. The monoisotopic (exact) mass is 526 g/mol. The maximum absolute atomic E-state index is 2.65. The Morgan fingerprint density at radius 2 is 0.909 bits per heavy atom. The van der Waals surface area contributed by atoms with Gasteiger partial charge in [-0.25, -0.2) is 0 Å². The van der Waals surface area contributed by atoms with Gasteiger partial charge in [0.1, 0.15) is 0 Å². The summed E-state index contributed by atoms with van der Waals surface area (Å²) >= 11 is 0.0121. The minimum atomic E-state index is 0.00606. The predicted octanol–water partition coefficient (Wildman–Crippen LogP) is 2.87. The van der Waals surface area contributed by atoms with Gasteiger partial charge in [-0.2, -0.15) is 0 Å². The van der Waals surface area contributed by atoms with Gasteiger partial charge in [0.2, 0.25) is 0 Å². The second-order valence-electron chi connectivity index (χ2n) is 5.68. The van der Waals surface area contributed by atoms with Crippen LogP contribution in [0.4, 0.5) is 11.4 Å². The van der Waals surface area contributed by atoms with Gasteiger partial charge in [0.15, 0.2) is 0 Å². The molecule has 1 heterocycles. The molecule has 1 fully saturated rings. The van der Waals surface area contributed by atoms with Gasteiger partial charge in [-0.05, 0) is 0 Å². The molecule has 0 N–H and O–H groups in total. The second-order valence-corrected chi connectivity index (χ2v) is 11.0. The van der Waals surface area contributed by atoms with Crippen molar-refractivity contribution in [2.45, 2.75) is 13.8 Å². The first-order valence-corrected chi connectivity index (χ1v) is 14.1. The Kier molecular flexibility index (Phi) is 5.95. The fourth-order valence-electron chi connectivity index (χ4n) is 2.41. The normalized spacial score (nSPS) is 16.3. The van der Waals surface area contributed by atoms with Crippen LogP contribution in [-0.4, -0.2) is 60.2 Å².